The maximum atomic E-state index is 11.8. The average molecular weight is 291 g/mol. The van der Waals surface area contributed by atoms with Crippen molar-refractivity contribution in [2.24, 2.45) is 0 Å². The lowest BCUT2D eigenvalue weighted by Crippen LogP contribution is -2.45. The molecule has 0 saturated carbocycles. The second-order valence-corrected chi connectivity index (χ2v) is 5.70. The van der Waals surface area contributed by atoms with Crippen LogP contribution in [0.2, 0.25) is 0 Å². The molecule has 0 atom stereocenters. The molecule has 1 aromatic rings. The summed E-state index contributed by atoms with van der Waals surface area (Å²) in [5.74, 6) is 0.509. The first-order valence-corrected chi connectivity index (χ1v) is 7.30. The van der Waals surface area contributed by atoms with Gasteiger partial charge in [-0.15, -0.1) is 0 Å². The Morgan fingerprint density at radius 1 is 1.24 bits per heavy atom. The van der Waals surface area contributed by atoms with Crippen molar-refractivity contribution in [1.82, 2.24) is 9.88 Å². The molecule has 0 radical (unpaired) electrons. The maximum absolute atomic E-state index is 11.8. The van der Waals surface area contributed by atoms with Gasteiger partial charge in [0.1, 0.15) is 5.82 Å². The average Bonchev–Trinajstić information content (AvgIpc) is 2.96. The monoisotopic (exact) mass is 291 g/mol. The number of nitrogens with zero attached hydrogens (tertiary/aromatic N) is 3. The number of carbonyl (C=O) groups is 1. The molecule has 3 heterocycles. The van der Waals surface area contributed by atoms with Crippen molar-refractivity contribution >= 4 is 11.7 Å². The lowest BCUT2D eigenvalue weighted by atomic mass is 10.0. The molecule has 3 rings (SSSR count). The van der Waals surface area contributed by atoms with Gasteiger partial charge in [-0.2, -0.15) is 0 Å². The molecule has 2 aliphatic heterocycles. The zero-order valence-electron chi connectivity index (χ0n) is 12.5. The number of hydrogen-bond acceptors (Lipinski definition) is 5. The van der Waals surface area contributed by atoms with Gasteiger partial charge >= 0.3 is 0 Å². The molecule has 1 aromatic heterocycles. The van der Waals surface area contributed by atoms with E-state index in [1.165, 1.54) is 0 Å². The number of rotatable bonds is 2. The Kier molecular flexibility index (Phi) is 3.82. The standard InChI is InChI=1S/C15H21N3O3/c1-17(2)14(19)12-3-4-13(16-11-12)18-7-5-15(6-8-18)20-9-10-21-15/h3-4,11H,5-10H2,1-2H3. The molecule has 2 fully saturated rings. The third kappa shape index (κ3) is 2.87. The number of hydrogen-bond donors (Lipinski definition) is 0. The van der Waals surface area contributed by atoms with Gasteiger partial charge in [0, 0.05) is 46.2 Å². The molecule has 114 valence electrons. The minimum Gasteiger partial charge on any atom is -0.356 e. The van der Waals surface area contributed by atoms with Crippen LogP contribution >= 0.6 is 0 Å². The highest BCUT2D eigenvalue weighted by Crippen LogP contribution is 2.32. The van der Waals surface area contributed by atoms with Crippen LogP contribution < -0.4 is 4.90 Å². The van der Waals surface area contributed by atoms with E-state index < -0.39 is 0 Å². The van der Waals surface area contributed by atoms with Crippen molar-refractivity contribution < 1.29 is 14.3 Å². The fraction of sp³-hybridized carbons (Fsp3) is 0.600. The predicted molar refractivity (Wildman–Crippen MR) is 78.3 cm³/mol. The van der Waals surface area contributed by atoms with Crippen molar-refractivity contribution in [2.45, 2.75) is 18.6 Å². The van der Waals surface area contributed by atoms with E-state index >= 15 is 0 Å². The number of anilines is 1. The van der Waals surface area contributed by atoms with Gasteiger partial charge in [-0.05, 0) is 12.1 Å². The second kappa shape index (κ2) is 5.61. The number of carbonyl (C=O) groups excluding carboxylic acids is 1. The molecule has 6 nitrogen and oxygen atoms in total. The quantitative estimate of drug-likeness (QED) is 0.817. The maximum Gasteiger partial charge on any atom is 0.254 e. The number of piperidine rings is 1. The van der Waals surface area contributed by atoms with Gasteiger partial charge < -0.3 is 19.3 Å². The lowest BCUT2D eigenvalue weighted by Gasteiger charge is -2.38. The minimum absolute atomic E-state index is 0.0283. The lowest BCUT2D eigenvalue weighted by molar-refractivity contribution is -0.169. The van der Waals surface area contributed by atoms with Crippen molar-refractivity contribution in [3.8, 4) is 0 Å². The van der Waals surface area contributed by atoms with Gasteiger partial charge in [0.2, 0.25) is 0 Å². The number of aromatic nitrogens is 1. The van der Waals surface area contributed by atoms with E-state index in [-0.39, 0.29) is 11.7 Å². The summed E-state index contributed by atoms with van der Waals surface area (Å²) in [6.07, 6.45) is 3.35. The number of ether oxygens (including phenoxy) is 2. The topological polar surface area (TPSA) is 54.9 Å². The predicted octanol–water partition coefficient (Wildman–Crippen LogP) is 1.13. The van der Waals surface area contributed by atoms with Gasteiger partial charge in [0.15, 0.2) is 5.79 Å². The van der Waals surface area contributed by atoms with Crippen LogP contribution in [0, 0.1) is 0 Å². The van der Waals surface area contributed by atoms with E-state index in [0.717, 1.165) is 31.7 Å². The van der Waals surface area contributed by atoms with E-state index in [2.05, 4.69) is 9.88 Å². The summed E-state index contributed by atoms with van der Waals surface area (Å²) in [5, 5.41) is 0. The highest BCUT2D eigenvalue weighted by atomic mass is 16.7. The van der Waals surface area contributed by atoms with E-state index in [1.54, 1.807) is 25.2 Å². The Labute approximate surface area is 124 Å². The molecular formula is C15H21N3O3. The Morgan fingerprint density at radius 3 is 2.43 bits per heavy atom. The summed E-state index contributed by atoms with van der Waals surface area (Å²) in [6.45, 7) is 3.10. The fourth-order valence-corrected chi connectivity index (χ4v) is 2.82. The molecular weight excluding hydrogens is 270 g/mol. The molecule has 1 spiro atoms. The number of pyridine rings is 1. The molecule has 2 aliphatic rings. The summed E-state index contributed by atoms with van der Waals surface area (Å²) in [4.78, 5) is 20.0. The van der Waals surface area contributed by atoms with Crippen molar-refractivity contribution in [2.75, 3.05) is 45.3 Å². The van der Waals surface area contributed by atoms with Crippen molar-refractivity contribution in [3.05, 3.63) is 23.9 Å². The number of amides is 1. The Balaban J connectivity index is 1.64. The van der Waals surface area contributed by atoms with E-state index in [4.69, 9.17) is 9.47 Å². The summed E-state index contributed by atoms with van der Waals surface area (Å²) in [5.41, 5.74) is 0.611. The van der Waals surface area contributed by atoms with Gasteiger partial charge in [0.05, 0.1) is 18.8 Å². The zero-order valence-corrected chi connectivity index (χ0v) is 12.5. The van der Waals surface area contributed by atoms with E-state index in [0.29, 0.717) is 18.8 Å². The van der Waals surface area contributed by atoms with Crippen LogP contribution in [0.25, 0.3) is 0 Å². The third-order valence-corrected chi connectivity index (χ3v) is 4.06. The highest BCUT2D eigenvalue weighted by Gasteiger charge is 2.39. The Bertz CT molecular complexity index is 499. The molecule has 2 saturated heterocycles. The van der Waals surface area contributed by atoms with Crippen LogP contribution in [0.4, 0.5) is 5.82 Å². The second-order valence-electron chi connectivity index (χ2n) is 5.70. The van der Waals surface area contributed by atoms with Crippen LogP contribution in [0.5, 0.6) is 0 Å². The molecule has 6 heteroatoms. The first-order chi connectivity index (χ1) is 10.1. The van der Waals surface area contributed by atoms with Gasteiger partial charge in [-0.1, -0.05) is 0 Å². The van der Waals surface area contributed by atoms with Crippen LogP contribution in [0.3, 0.4) is 0 Å². The van der Waals surface area contributed by atoms with Crippen LogP contribution in [-0.4, -0.2) is 62.0 Å². The summed E-state index contributed by atoms with van der Waals surface area (Å²) < 4.78 is 11.4. The van der Waals surface area contributed by atoms with Crippen molar-refractivity contribution in [1.29, 1.82) is 0 Å². The zero-order chi connectivity index (χ0) is 14.9. The van der Waals surface area contributed by atoms with Crippen molar-refractivity contribution in [3.63, 3.8) is 0 Å². The SMILES string of the molecule is CN(C)C(=O)c1ccc(N2CCC3(CC2)OCCO3)nc1. The Hall–Kier alpha value is -1.66. The first-order valence-electron chi connectivity index (χ1n) is 7.30. The highest BCUT2D eigenvalue weighted by molar-refractivity contribution is 5.93. The molecule has 0 aliphatic carbocycles. The molecule has 0 unspecified atom stereocenters. The van der Waals surface area contributed by atoms with Gasteiger partial charge in [-0.3, -0.25) is 4.79 Å². The summed E-state index contributed by atoms with van der Waals surface area (Å²) in [7, 11) is 3.48. The smallest absolute Gasteiger partial charge is 0.254 e. The fourth-order valence-electron chi connectivity index (χ4n) is 2.82. The normalized spacial score (nSPS) is 20.8. The summed E-state index contributed by atoms with van der Waals surface area (Å²) in [6, 6.07) is 3.74. The Morgan fingerprint density at radius 2 is 1.90 bits per heavy atom. The van der Waals surface area contributed by atoms with Crippen LogP contribution in [-0.2, 0) is 9.47 Å². The summed E-state index contributed by atoms with van der Waals surface area (Å²) >= 11 is 0. The third-order valence-electron chi connectivity index (χ3n) is 4.06. The van der Waals surface area contributed by atoms with E-state index in [1.807, 2.05) is 12.1 Å². The van der Waals surface area contributed by atoms with E-state index in [9.17, 15) is 4.79 Å². The molecule has 0 N–H and O–H groups in total. The molecule has 0 aromatic carbocycles. The first kappa shape index (κ1) is 14.3. The molecule has 21 heavy (non-hydrogen) atoms. The minimum atomic E-state index is -0.364. The molecule has 0 bridgehead atoms. The van der Waals surface area contributed by atoms with Crippen LogP contribution in [0.1, 0.15) is 23.2 Å². The largest absolute Gasteiger partial charge is 0.356 e. The van der Waals surface area contributed by atoms with Gasteiger partial charge in [0.25, 0.3) is 5.91 Å². The molecule has 1 amide bonds. The van der Waals surface area contributed by atoms with Crippen LogP contribution in [0.15, 0.2) is 18.3 Å². The van der Waals surface area contributed by atoms with Gasteiger partial charge in [-0.25, -0.2) is 4.98 Å².